The molecule has 7 nitrogen and oxygen atoms in total. The van der Waals surface area contributed by atoms with Gasteiger partial charge in [-0.3, -0.25) is 14.2 Å². The van der Waals surface area contributed by atoms with Gasteiger partial charge in [0.15, 0.2) is 5.16 Å². The molecule has 0 bridgehead atoms. The first-order valence-electron chi connectivity index (χ1n) is 10.2. The third kappa shape index (κ3) is 4.76. The smallest absolute Gasteiger partial charge is 0.258 e. The predicted molar refractivity (Wildman–Crippen MR) is 123 cm³/mol. The lowest BCUT2D eigenvalue weighted by Crippen LogP contribution is -2.38. The molecule has 1 amide bonds. The maximum atomic E-state index is 13.5. The molecule has 0 unspecified atom stereocenters. The molecule has 3 rings (SSSR count). The van der Waals surface area contributed by atoms with Crippen molar-refractivity contribution in [2.24, 2.45) is 0 Å². The largest absolute Gasteiger partial charge is 0.395 e. The molecule has 31 heavy (non-hydrogen) atoms. The van der Waals surface area contributed by atoms with Crippen molar-refractivity contribution < 1.29 is 14.6 Å². The maximum Gasteiger partial charge on any atom is 0.258 e. The summed E-state index contributed by atoms with van der Waals surface area (Å²) in [5.74, 6) is 0.449. The van der Waals surface area contributed by atoms with E-state index in [0.717, 1.165) is 11.1 Å². The van der Waals surface area contributed by atoms with Crippen LogP contribution in [-0.4, -0.2) is 53.2 Å². The average molecular weight is 444 g/mol. The molecule has 1 aliphatic carbocycles. The molecular weight excluding hydrogens is 414 g/mol. The van der Waals surface area contributed by atoms with E-state index in [2.05, 4.69) is 11.9 Å². The van der Waals surface area contributed by atoms with Gasteiger partial charge in [0, 0.05) is 48.1 Å². The summed E-state index contributed by atoms with van der Waals surface area (Å²) in [5.41, 5.74) is 3.27. The first-order chi connectivity index (χ1) is 14.8. The highest BCUT2D eigenvalue weighted by Gasteiger charge is 2.36. The molecule has 2 aromatic rings. The summed E-state index contributed by atoms with van der Waals surface area (Å²) in [7, 11) is 1.64. The number of ether oxygens (including phenoxy) is 1. The zero-order valence-corrected chi connectivity index (χ0v) is 19.1. The summed E-state index contributed by atoms with van der Waals surface area (Å²) in [6.07, 6.45) is 2.33. The highest BCUT2D eigenvalue weighted by molar-refractivity contribution is 7.99. The molecule has 1 aliphatic rings. The summed E-state index contributed by atoms with van der Waals surface area (Å²) >= 11 is 1.48. The fourth-order valence-electron chi connectivity index (χ4n) is 3.90. The Morgan fingerprint density at radius 3 is 2.90 bits per heavy atom. The van der Waals surface area contributed by atoms with Crippen LogP contribution in [0.1, 0.15) is 35.3 Å². The molecule has 0 atom stereocenters. The van der Waals surface area contributed by atoms with Crippen LogP contribution in [-0.2, 0) is 23.1 Å². The van der Waals surface area contributed by atoms with E-state index in [4.69, 9.17) is 14.8 Å². The van der Waals surface area contributed by atoms with Gasteiger partial charge in [-0.1, -0.05) is 37.8 Å². The van der Waals surface area contributed by atoms with Gasteiger partial charge in [-0.25, -0.2) is 4.98 Å². The summed E-state index contributed by atoms with van der Waals surface area (Å²) in [6.45, 7) is 8.90. The monoisotopic (exact) mass is 443 g/mol. The molecule has 8 heteroatoms. The number of aromatic nitrogens is 2. The van der Waals surface area contributed by atoms with Crippen LogP contribution in [0.15, 0.2) is 40.8 Å². The summed E-state index contributed by atoms with van der Waals surface area (Å²) in [4.78, 5) is 30.8. The van der Waals surface area contributed by atoms with Gasteiger partial charge >= 0.3 is 0 Å². The maximum absolute atomic E-state index is 13.5. The second-order valence-corrected chi connectivity index (χ2v) is 9.14. The Kier molecular flexibility index (Phi) is 7.35. The summed E-state index contributed by atoms with van der Waals surface area (Å²) < 4.78 is 6.83. The van der Waals surface area contributed by atoms with Gasteiger partial charge in [0.1, 0.15) is 0 Å². The Labute approximate surface area is 186 Å². The third-order valence-corrected chi connectivity index (χ3v) is 6.23. The number of thioether (sulfide) groups is 1. The molecule has 2 N–H and O–H groups in total. The van der Waals surface area contributed by atoms with E-state index in [1.807, 2.05) is 26.0 Å². The van der Waals surface area contributed by atoms with Crippen LogP contribution in [0.2, 0.25) is 0 Å². The number of carbonyl (C=O) groups excluding carboxylic acids is 1. The molecule has 0 fully saturated rings. The first kappa shape index (κ1) is 23.2. The van der Waals surface area contributed by atoms with Crippen LogP contribution >= 0.6 is 11.8 Å². The minimum atomic E-state index is -0.439. The fourth-order valence-corrected chi connectivity index (χ4v) is 4.81. The number of rotatable bonds is 9. The van der Waals surface area contributed by atoms with E-state index in [1.165, 1.54) is 11.8 Å². The number of benzene rings is 1. The molecule has 0 saturated carbocycles. The minimum absolute atomic E-state index is 0.0507. The number of hydrogen-bond acceptors (Lipinski definition) is 6. The van der Waals surface area contributed by atoms with Gasteiger partial charge in [-0.2, -0.15) is 0 Å². The molecule has 1 aromatic heterocycles. The zero-order chi connectivity index (χ0) is 22.6. The molecule has 1 aromatic carbocycles. The van der Waals surface area contributed by atoms with Crippen LogP contribution < -0.4 is 10.9 Å². The number of hydrogen-bond donors (Lipinski definition) is 2. The highest BCUT2D eigenvalue weighted by Crippen LogP contribution is 2.41. The number of aliphatic hydroxyl groups is 1. The van der Waals surface area contributed by atoms with Crippen molar-refractivity contribution in [3.8, 4) is 11.3 Å². The van der Waals surface area contributed by atoms with Crippen molar-refractivity contribution in [1.82, 2.24) is 14.9 Å². The SMILES string of the molecule is C=CCn1c(SCCOC)nc2c(c1=O)C(C)(C)Cc1cc(C(=O)NCCO)ccc1-2. The number of nitrogens with zero attached hydrogens (tertiary/aromatic N) is 2. The van der Waals surface area contributed by atoms with E-state index in [9.17, 15) is 9.59 Å². The Hall–Kier alpha value is -2.42. The van der Waals surface area contributed by atoms with Crippen molar-refractivity contribution >= 4 is 17.7 Å². The Morgan fingerprint density at radius 1 is 1.45 bits per heavy atom. The van der Waals surface area contributed by atoms with E-state index < -0.39 is 5.41 Å². The molecular formula is C23H29N3O4S. The zero-order valence-electron chi connectivity index (χ0n) is 18.2. The Bertz CT molecular complexity index is 1050. The van der Waals surface area contributed by atoms with E-state index in [0.29, 0.717) is 47.3 Å². The first-order valence-corrected chi connectivity index (χ1v) is 11.2. The van der Waals surface area contributed by atoms with Gasteiger partial charge in [-0.15, -0.1) is 6.58 Å². The number of methoxy groups -OCH3 is 1. The van der Waals surface area contributed by atoms with Crippen LogP contribution in [0.4, 0.5) is 0 Å². The van der Waals surface area contributed by atoms with Crippen molar-refractivity contribution in [2.45, 2.75) is 37.4 Å². The predicted octanol–water partition coefficient (Wildman–Crippen LogP) is 2.39. The number of carbonyl (C=O) groups is 1. The van der Waals surface area contributed by atoms with Gasteiger partial charge in [0.25, 0.3) is 11.5 Å². The summed E-state index contributed by atoms with van der Waals surface area (Å²) in [6, 6.07) is 5.47. The number of allylic oxidation sites excluding steroid dienone is 1. The third-order valence-electron chi connectivity index (χ3n) is 5.29. The minimum Gasteiger partial charge on any atom is -0.395 e. The standard InChI is InChI=1S/C23H29N3O4S/c1-5-9-26-21(29)18-19(25-22(26)31-12-11-30-4)17-7-6-15(20(28)24-8-10-27)13-16(17)14-23(18,2)3/h5-7,13,27H,1,8-12,14H2,2-4H3,(H,24,28). The highest BCUT2D eigenvalue weighted by atomic mass is 32.2. The molecule has 0 spiro atoms. The quantitative estimate of drug-likeness (QED) is 0.268. The van der Waals surface area contributed by atoms with Crippen molar-refractivity contribution in [3.05, 3.63) is 57.9 Å². The molecule has 166 valence electrons. The van der Waals surface area contributed by atoms with Crippen LogP contribution in [0, 0.1) is 0 Å². The van der Waals surface area contributed by atoms with E-state index >= 15 is 0 Å². The number of nitrogens with one attached hydrogen (secondary N) is 1. The van der Waals surface area contributed by atoms with Gasteiger partial charge in [0.05, 0.1) is 18.9 Å². The van der Waals surface area contributed by atoms with Gasteiger partial charge in [0.2, 0.25) is 0 Å². The topological polar surface area (TPSA) is 93.5 Å². The number of aliphatic hydroxyl groups excluding tert-OH is 1. The van der Waals surface area contributed by atoms with Crippen molar-refractivity contribution in [2.75, 3.05) is 32.6 Å². The lowest BCUT2D eigenvalue weighted by atomic mass is 9.72. The second-order valence-electron chi connectivity index (χ2n) is 8.08. The number of amides is 1. The second kappa shape index (κ2) is 9.80. The van der Waals surface area contributed by atoms with Crippen molar-refractivity contribution in [3.63, 3.8) is 0 Å². The van der Waals surface area contributed by atoms with Gasteiger partial charge in [-0.05, 0) is 24.1 Å². The van der Waals surface area contributed by atoms with Gasteiger partial charge < -0.3 is 15.2 Å². The van der Waals surface area contributed by atoms with Crippen LogP contribution in [0.25, 0.3) is 11.3 Å². The molecule has 1 heterocycles. The Morgan fingerprint density at radius 2 is 2.23 bits per heavy atom. The average Bonchev–Trinajstić information content (AvgIpc) is 2.73. The van der Waals surface area contributed by atoms with E-state index in [1.54, 1.807) is 23.8 Å². The Balaban J connectivity index is 2.14. The van der Waals surface area contributed by atoms with E-state index in [-0.39, 0.29) is 24.6 Å². The fraction of sp³-hybridized carbons (Fsp3) is 0.435. The van der Waals surface area contributed by atoms with Crippen LogP contribution in [0.5, 0.6) is 0 Å². The summed E-state index contributed by atoms with van der Waals surface area (Å²) in [5, 5.41) is 12.3. The van der Waals surface area contributed by atoms with Crippen molar-refractivity contribution in [1.29, 1.82) is 0 Å². The number of fused-ring (bicyclic) bond motifs is 3. The molecule has 0 aliphatic heterocycles. The lowest BCUT2D eigenvalue weighted by molar-refractivity contribution is 0.0944. The lowest BCUT2D eigenvalue weighted by Gasteiger charge is -2.33. The molecule has 0 saturated heterocycles. The normalized spacial score (nSPS) is 13.9. The van der Waals surface area contributed by atoms with Crippen LogP contribution in [0.3, 0.4) is 0 Å². The molecule has 0 radical (unpaired) electrons.